The Balaban J connectivity index is -0.000000515. The van der Waals surface area contributed by atoms with Crippen molar-refractivity contribution < 1.29 is 9.18 Å². The Bertz CT molecular complexity index is 559. The minimum absolute atomic E-state index is 0.426. The van der Waals surface area contributed by atoms with Crippen LogP contribution in [0.5, 0.6) is 0 Å². The van der Waals surface area contributed by atoms with Crippen molar-refractivity contribution in [3.63, 3.8) is 0 Å². The SMILES string of the molecule is C#C.C/C=C/C(=O)C(F)C(/C=C\CC)=C/C.C=CCCCC(CC)N(C)CCCCCCC. The topological polar surface area (TPSA) is 20.3 Å². The molecule has 2 unspecified atom stereocenters. The predicted molar refractivity (Wildman–Crippen MR) is 147 cm³/mol. The van der Waals surface area contributed by atoms with Gasteiger partial charge in [-0.15, -0.1) is 19.4 Å². The molecule has 0 rings (SSSR count). The van der Waals surface area contributed by atoms with Crippen molar-refractivity contribution in [3.8, 4) is 12.8 Å². The molecular weight excluding hydrogens is 409 g/mol. The molecule has 0 N–H and O–H groups in total. The van der Waals surface area contributed by atoms with Crippen LogP contribution in [0.15, 0.2) is 48.6 Å². The number of alkyl halides is 1. The van der Waals surface area contributed by atoms with E-state index in [1.165, 1.54) is 70.4 Å². The molecule has 0 saturated carbocycles. The number of ketones is 1. The number of hydrogen-bond donors (Lipinski definition) is 0. The molecular formula is C30H52FNO. The molecule has 3 heteroatoms. The largest absolute Gasteiger partial charge is 0.303 e. The van der Waals surface area contributed by atoms with E-state index in [-0.39, 0.29) is 0 Å². The lowest BCUT2D eigenvalue weighted by molar-refractivity contribution is -0.117. The van der Waals surface area contributed by atoms with E-state index in [0.717, 1.165) is 12.5 Å². The Kier molecular flexibility index (Phi) is 30.4. The summed E-state index contributed by atoms with van der Waals surface area (Å²) in [6.45, 7) is 15.0. The second-order valence-corrected chi connectivity index (χ2v) is 8.04. The highest BCUT2D eigenvalue weighted by molar-refractivity contribution is 5.96. The average Bonchev–Trinajstić information content (AvgIpc) is 2.83. The summed E-state index contributed by atoms with van der Waals surface area (Å²) in [5, 5.41) is 0. The van der Waals surface area contributed by atoms with Crippen LogP contribution in [0.2, 0.25) is 0 Å². The number of halogens is 1. The average molecular weight is 462 g/mol. The third-order valence-electron chi connectivity index (χ3n) is 5.41. The standard InChI is InChI=1S/C16H33N.C12H17FO.C2H2/c1-5-8-10-11-13-15-17(4)16(7-3)14-12-9-6-2;1-4-7-9-10(6-3)12(13)11(14)8-5-2;1-2/h6,16H,2,5,7-15H2,1,3-4H3;5-9,12H,4H2,1-3H3;1-2H/b;8-5+,9-7-,10-6+;. The molecule has 0 spiro atoms. The summed E-state index contributed by atoms with van der Waals surface area (Å²) in [7, 11) is 2.29. The summed E-state index contributed by atoms with van der Waals surface area (Å²) in [5.74, 6) is -0.499. The van der Waals surface area contributed by atoms with Crippen LogP contribution < -0.4 is 0 Å². The number of carbonyl (C=O) groups is 1. The van der Waals surface area contributed by atoms with Crippen LogP contribution in [0.3, 0.4) is 0 Å². The lowest BCUT2D eigenvalue weighted by atomic mass is 10.1. The molecule has 190 valence electrons. The summed E-state index contributed by atoms with van der Waals surface area (Å²) in [5.41, 5.74) is 0.426. The van der Waals surface area contributed by atoms with Gasteiger partial charge in [0.1, 0.15) is 0 Å². The van der Waals surface area contributed by atoms with Gasteiger partial charge >= 0.3 is 0 Å². The fraction of sp³-hybridized carbons (Fsp3) is 0.633. The Hall–Kier alpha value is -1.92. The molecule has 0 aromatic heterocycles. The van der Waals surface area contributed by atoms with Gasteiger partial charge in [0.25, 0.3) is 0 Å². The third-order valence-corrected chi connectivity index (χ3v) is 5.41. The van der Waals surface area contributed by atoms with Crippen LogP contribution in [0, 0.1) is 12.8 Å². The molecule has 0 aliphatic rings. The maximum atomic E-state index is 13.5. The third kappa shape index (κ3) is 21.7. The van der Waals surface area contributed by atoms with Crippen molar-refractivity contribution >= 4 is 5.78 Å². The van der Waals surface area contributed by atoms with Crippen LogP contribution >= 0.6 is 0 Å². The van der Waals surface area contributed by atoms with Gasteiger partial charge in [-0.25, -0.2) is 4.39 Å². The fourth-order valence-corrected chi connectivity index (χ4v) is 3.38. The van der Waals surface area contributed by atoms with Gasteiger partial charge in [0.05, 0.1) is 0 Å². The predicted octanol–water partition coefficient (Wildman–Crippen LogP) is 8.66. The summed E-state index contributed by atoms with van der Waals surface area (Å²) >= 11 is 0. The van der Waals surface area contributed by atoms with Crippen molar-refractivity contribution in [2.75, 3.05) is 13.6 Å². The Morgan fingerprint density at radius 1 is 1.03 bits per heavy atom. The van der Waals surface area contributed by atoms with E-state index in [1.54, 1.807) is 32.1 Å². The van der Waals surface area contributed by atoms with Crippen molar-refractivity contribution in [1.29, 1.82) is 0 Å². The maximum Gasteiger partial charge on any atom is 0.193 e. The molecule has 0 amide bonds. The second kappa shape index (κ2) is 28.1. The summed E-state index contributed by atoms with van der Waals surface area (Å²) < 4.78 is 13.5. The molecule has 0 aliphatic carbocycles. The number of carbonyl (C=O) groups excluding carboxylic acids is 1. The number of nitrogens with zero attached hydrogens (tertiary/aromatic N) is 1. The van der Waals surface area contributed by atoms with Gasteiger partial charge in [-0.05, 0) is 77.6 Å². The van der Waals surface area contributed by atoms with E-state index in [4.69, 9.17) is 0 Å². The Morgan fingerprint density at radius 2 is 1.67 bits per heavy atom. The van der Waals surface area contributed by atoms with Crippen molar-refractivity contribution in [2.45, 2.75) is 111 Å². The highest BCUT2D eigenvalue weighted by Gasteiger charge is 2.16. The summed E-state index contributed by atoms with van der Waals surface area (Å²) in [6, 6.07) is 0.779. The van der Waals surface area contributed by atoms with Crippen molar-refractivity contribution in [1.82, 2.24) is 4.90 Å². The minimum Gasteiger partial charge on any atom is -0.303 e. The number of unbranched alkanes of at least 4 members (excludes halogenated alkanes) is 5. The molecule has 0 radical (unpaired) electrons. The highest BCUT2D eigenvalue weighted by Crippen LogP contribution is 2.13. The van der Waals surface area contributed by atoms with Crippen molar-refractivity contribution in [3.05, 3.63) is 48.6 Å². The van der Waals surface area contributed by atoms with Crippen LogP contribution in [0.25, 0.3) is 0 Å². The van der Waals surface area contributed by atoms with Crippen LogP contribution in [-0.4, -0.2) is 36.5 Å². The zero-order valence-electron chi connectivity index (χ0n) is 22.5. The Labute approximate surface area is 206 Å². The van der Waals surface area contributed by atoms with Crippen LogP contribution in [0.1, 0.15) is 98.8 Å². The van der Waals surface area contributed by atoms with Crippen molar-refractivity contribution in [2.24, 2.45) is 0 Å². The van der Waals surface area contributed by atoms with Gasteiger partial charge in [-0.2, -0.15) is 0 Å². The van der Waals surface area contributed by atoms with E-state index in [2.05, 4.69) is 45.2 Å². The fourth-order valence-electron chi connectivity index (χ4n) is 3.38. The highest BCUT2D eigenvalue weighted by atomic mass is 19.1. The molecule has 0 bridgehead atoms. The maximum absolute atomic E-state index is 13.5. The van der Waals surface area contributed by atoms with Gasteiger partial charge in [0.15, 0.2) is 12.0 Å². The number of allylic oxidation sites excluding steroid dienone is 7. The van der Waals surface area contributed by atoms with E-state index in [0.29, 0.717) is 5.57 Å². The molecule has 2 atom stereocenters. The summed E-state index contributed by atoms with van der Waals surface area (Å²) in [4.78, 5) is 13.7. The van der Waals surface area contributed by atoms with Gasteiger partial charge in [0.2, 0.25) is 0 Å². The monoisotopic (exact) mass is 461 g/mol. The molecule has 0 aliphatic heterocycles. The second-order valence-electron chi connectivity index (χ2n) is 8.04. The smallest absolute Gasteiger partial charge is 0.193 e. The van der Waals surface area contributed by atoms with E-state index in [9.17, 15) is 9.18 Å². The summed E-state index contributed by atoms with van der Waals surface area (Å²) in [6.07, 6.45) is 29.3. The van der Waals surface area contributed by atoms with Gasteiger partial charge < -0.3 is 4.90 Å². The number of hydrogen-bond acceptors (Lipinski definition) is 2. The molecule has 0 heterocycles. The minimum atomic E-state index is -1.53. The van der Waals surface area contributed by atoms with E-state index >= 15 is 0 Å². The van der Waals surface area contributed by atoms with Crippen LogP contribution in [0.4, 0.5) is 4.39 Å². The first kappa shape index (κ1) is 35.7. The lowest BCUT2D eigenvalue weighted by Gasteiger charge is -2.27. The quantitative estimate of drug-likeness (QED) is 0.0710. The normalized spacial score (nSPS) is 13.2. The van der Waals surface area contributed by atoms with Gasteiger partial charge in [0, 0.05) is 6.04 Å². The molecule has 0 aromatic rings. The van der Waals surface area contributed by atoms with Crippen LogP contribution in [-0.2, 0) is 4.79 Å². The first-order chi connectivity index (χ1) is 15.9. The van der Waals surface area contributed by atoms with E-state index in [1.807, 2.05) is 19.1 Å². The molecule has 0 saturated heterocycles. The molecule has 2 nitrogen and oxygen atoms in total. The zero-order chi connectivity index (χ0) is 25.9. The first-order valence-corrected chi connectivity index (χ1v) is 12.7. The zero-order valence-corrected chi connectivity index (χ0v) is 22.5. The van der Waals surface area contributed by atoms with Gasteiger partial charge in [-0.3, -0.25) is 4.79 Å². The first-order valence-electron chi connectivity index (χ1n) is 12.7. The number of terminal acetylenes is 1. The molecule has 0 aromatic carbocycles. The lowest BCUT2D eigenvalue weighted by Crippen LogP contribution is -2.32. The Morgan fingerprint density at radius 3 is 2.15 bits per heavy atom. The molecule has 33 heavy (non-hydrogen) atoms. The van der Waals surface area contributed by atoms with E-state index < -0.39 is 12.0 Å². The molecule has 0 fully saturated rings. The number of rotatable bonds is 17. The van der Waals surface area contributed by atoms with Gasteiger partial charge in [-0.1, -0.05) is 76.8 Å².